The lowest BCUT2D eigenvalue weighted by Gasteiger charge is -2.13. The predicted octanol–water partition coefficient (Wildman–Crippen LogP) is 2.61. The molecule has 0 saturated carbocycles. The van der Waals surface area contributed by atoms with Crippen LogP contribution in [0, 0.1) is 20.8 Å². The quantitative estimate of drug-likeness (QED) is 0.851. The number of imidazole rings is 1. The molecule has 1 heterocycles. The van der Waals surface area contributed by atoms with E-state index in [-0.39, 0.29) is 0 Å². The Balaban J connectivity index is 2.22. The second kappa shape index (κ2) is 4.72. The van der Waals surface area contributed by atoms with Gasteiger partial charge in [-0.05, 0) is 37.5 Å². The highest BCUT2D eigenvalue weighted by Gasteiger charge is 2.14. The second-order valence-corrected chi connectivity index (χ2v) is 4.49. The normalized spacial score (nSPS) is 12.7. The fourth-order valence-electron chi connectivity index (χ4n) is 2.04. The Hall–Kier alpha value is -1.61. The van der Waals surface area contributed by atoms with Crippen LogP contribution in [0.4, 0.5) is 0 Å². The number of H-pyrrole nitrogens is 1. The highest BCUT2D eigenvalue weighted by Crippen LogP contribution is 2.22. The molecule has 1 aromatic heterocycles. The van der Waals surface area contributed by atoms with Crippen LogP contribution in [-0.4, -0.2) is 15.1 Å². The number of hydrogen-bond donors (Lipinski definition) is 2. The van der Waals surface area contributed by atoms with Crippen molar-refractivity contribution in [2.24, 2.45) is 0 Å². The summed E-state index contributed by atoms with van der Waals surface area (Å²) in [6, 6.07) is 6.18. The Morgan fingerprint density at radius 1 is 1.29 bits per heavy atom. The van der Waals surface area contributed by atoms with Gasteiger partial charge in [-0.25, -0.2) is 4.98 Å². The van der Waals surface area contributed by atoms with Crippen LogP contribution in [0.5, 0.6) is 0 Å². The van der Waals surface area contributed by atoms with Crippen molar-refractivity contribution in [3.63, 3.8) is 0 Å². The van der Waals surface area contributed by atoms with Crippen molar-refractivity contribution in [2.45, 2.75) is 33.3 Å². The fraction of sp³-hybridized carbons (Fsp3) is 0.357. The molecular formula is C14H18N2O. The molecule has 2 N–H and O–H groups in total. The van der Waals surface area contributed by atoms with Gasteiger partial charge in [-0.3, -0.25) is 0 Å². The summed E-state index contributed by atoms with van der Waals surface area (Å²) in [5.41, 5.74) is 5.36. The summed E-state index contributed by atoms with van der Waals surface area (Å²) in [7, 11) is 0. The molecule has 1 unspecified atom stereocenters. The number of aromatic nitrogens is 2. The van der Waals surface area contributed by atoms with E-state index in [0.29, 0.717) is 6.42 Å². The number of nitrogens with one attached hydrogen (secondary N) is 1. The van der Waals surface area contributed by atoms with Crippen molar-refractivity contribution in [1.82, 2.24) is 9.97 Å². The van der Waals surface area contributed by atoms with Crippen LogP contribution in [0.3, 0.4) is 0 Å². The zero-order valence-corrected chi connectivity index (χ0v) is 10.5. The van der Waals surface area contributed by atoms with Crippen molar-refractivity contribution in [3.8, 4) is 0 Å². The molecular weight excluding hydrogens is 212 g/mol. The average Bonchev–Trinajstić information content (AvgIpc) is 2.71. The monoisotopic (exact) mass is 230 g/mol. The number of benzene rings is 1. The second-order valence-electron chi connectivity index (χ2n) is 4.49. The number of aliphatic hydroxyl groups excluding tert-OH is 1. The van der Waals surface area contributed by atoms with Crippen molar-refractivity contribution < 1.29 is 5.11 Å². The van der Waals surface area contributed by atoms with E-state index in [1.807, 2.05) is 13.0 Å². The number of nitrogens with zero attached hydrogens (tertiary/aromatic N) is 1. The summed E-state index contributed by atoms with van der Waals surface area (Å²) in [6.45, 7) is 6.11. The molecule has 2 aromatic rings. The summed E-state index contributed by atoms with van der Waals surface area (Å²) in [6.07, 6.45) is 1.69. The Labute approximate surface area is 102 Å². The van der Waals surface area contributed by atoms with E-state index in [1.54, 1.807) is 6.33 Å². The van der Waals surface area contributed by atoms with Gasteiger partial charge in [0.2, 0.25) is 0 Å². The van der Waals surface area contributed by atoms with Gasteiger partial charge in [0, 0.05) is 12.1 Å². The van der Waals surface area contributed by atoms with E-state index in [4.69, 9.17) is 0 Å². The summed E-state index contributed by atoms with van der Waals surface area (Å²) in [5.74, 6) is 0. The van der Waals surface area contributed by atoms with E-state index in [1.165, 1.54) is 16.7 Å². The van der Waals surface area contributed by atoms with Gasteiger partial charge in [0.15, 0.2) is 0 Å². The number of rotatable bonds is 3. The van der Waals surface area contributed by atoms with Crippen LogP contribution < -0.4 is 0 Å². The van der Waals surface area contributed by atoms with Crippen molar-refractivity contribution in [3.05, 3.63) is 52.6 Å². The summed E-state index contributed by atoms with van der Waals surface area (Å²) in [4.78, 5) is 7.15. The average molecular weight is 230 g/mol. The van der Waals surface area contributed by atoms with Crippen LogP contribution in [-0.2, 0) is 6.42 Å². The van der Waals surface area contributed by atoms with Crippen LogP contribution in [0.15, 0.2) is 24.5 Å². The van der Waals surface area contributed by atoms with E-state index >= 15 is 0 Å². The maximum absolute atomic E-state index is 10.2. The number of aromatic amines is 1. The zero-order valence-electron chi connectivity index (χ0n) is 10.5. The topological polar surface area (TPSA) is 48.9 Å². The van der Waals surface area contributed by atoms with Crippen LogP contribution in [0.2, 0.25) is 0 Å². The van der Waals surface area contributed by atoms with E-state index in [9.17, 15) is 5.11 Å². The predicted molar refractivity (Wildman–Crippen MR) is 67.9 cm³/mol. The minimum atomic E-state index is -0.540. The Morgan fingerprint density at radius 3 is 2.71 bits per heavy atom. The maximum atomic E-state index is 10.2. The third-order valence-electron chi connectivity index (χ3n) is 3.31. The third-order valence-corrected chi connectivity index (χ3v) is 3.31. The van der Waals surface area contributed by atoms with Crippen molar-refractivity contribution >= 4 is 0 Å². The van der Waals surface area contributed by atoms with Gasteiger partial charge in [-0.1, -0.05) is 18.2 Å². The highest BCUT2D eigenvalue weighted by atomic mass is 16.3. The van der Waals surface area contributed by atoms with Gasteiger partial charge in [-0.15, -0.1) is 0 Å². The van der Waals surface area contributed by atoms with Crippen molar-refractivity contribution in [2.75, 3.05) is 0 Å². The minimum absolute atomic E-state index is 0.540. The first-order chi connectivity index (χ1) is 8.09. The lowest BCUT2D eigenvalue weighted by Crippen LogP contribution is -2.05. The van der Waals surface area contributed by atoms with Crippen LogP contribution >= 0.6 is 0 Å². The molecule has 1 atom stereocenters. The smallest absolute Gasteiger partial charge is 0.102 e. The molecule has 0 radical (unpaired) electrons. The van der Waals surface area contributed by atoms with E-state index in [0.717, 1.165) is 11.4 Å². The van der Waals surface area contributed by atoms with Gasteiger partial charge in [0.1, 0.15) is 6.10 Å². The number of aryl methyl sites for hydroxylation is 2. The molecule has 0 amide bonds. The fourth-order valence-corrected chi connectivity index (χ4v) is 2.04. The molecule has 0 saturated heterocycles. The summed E-state index contributed by atoms with van der Waals surface area (Å²) in [5, 5.41) is 10.2. The summed E-state index contributed by atoms with van der Waals surface area (Å²) < 4.78 is 0. The van der Waals surface area contributed by atoms with Crippen molar-refractivity contribution in [1.29, 1.82) is 0 Å². The highest BCUT2D eigenvalue weighted by molar-refractivity contribution is 5.34. The van der Waals surface area contributed by atoms with Crippen LogP contribution in [0.1, 0.15) is 34.2 Å². The van der Waals surface area contributed by atoms with Crippen LogP contribution in [0.25, 0.3) is 0 Å². The van der Waals surface area contributed by atoms with Gasteiger partial charge in [0.05, 0.1) is 12.0 Å². The first kappa shape index (κ1) is 11.9. The molecule has 90 valence electrons. The molecule has 0 fully saturated rings. The summed E-state index contributed by atoms with van der Waals surface area (Å²) >= 11 is 0. The minimum Gasteiger partial charge on any atom is -0.386 e. The molecule has 17 heavy (non-hydrogen) atoms. The van der Waals surface area contributed by atoms with Gasteiger partial charge >= 0.3 is 0 Å². The Morgan fingerprint density at radius 2 is 2.06 bits per heavy atom. The molecule has 3 heteroatoms. The molecule has 0 aliphatic carbocycles. The zero-order chi connectivity index (χ0) is 12.4. The number of hydrogen-bond acceptors (Lipinski definition) is 2. The molecule has 2 rings (SSSR count). The first-order valence-corrected chi connectivity index (χ1v) is 5.82. The molecule has 0 spiro atoms. The SMILES string of the molecule is Cc1cccc(CC(O)c2nc[nH]c2C)c1C. The first-order valence-electron chi connectivity index (χ1n) is 5.82. The Kier molecular flexibility index (Phi) is 3.29. The standard InChI is InChI=1S/C14H18N2O/c1-9-5-4-6-12(10(9)2)7-13(17)14-11(3)15-8-16-14/h4-6,8,13,17H,7H2,1-3H3,(H,15,16). The number of aliphatic hydroxyl groups is 1. The Bertz CT molecular complexity index is 517. The lowest BCUT2D eigenvalue weighted by molar-refractivity contribution is 0.173. The molecule has 0 aliphatic heterocycles. The molecule has 1 aromatic carbocycles. The largest absolute Gasteiger partial charge is 0.386 e. The molecule has 3 nitrogen and oxygen atoms in total. The molecule has 0 aliphatic rings. The maximum Gasteiger partial charge on any atom is 0.102 e. The van der Waals surface area contributed by atoms with Gasteiger partial charge in [-0.2, -0.15) is 0 Å². The van der Waals surface area contributed by atoms with Gasteiger partial charge in [0.25, 0.3) is 0 Å². The lowest BCUT2D eigenvalue weighted by atomic mass is 9.97. The third kappa shape index (κ3) is 2.39. The van der Waals surface area contributed by atoms with Gasteiger partial charge < -0.3 is 10.1 Å². The van der Waals surface area contributed by atoms with E-state index < -0.39 is 6.10 Å². The molecule has 0 bridgehead atoms. The van der Waals surface area contributed by atoms with E-state index in [2.05, 4.69) is 35.9 Å².